The number of carbonyl (C=O) groups is 2. The molecule has 0 fully saturated rings. The minimum Gasteiger partial charge on any atom is -0.480 e. The maximum atomic E-state index is 12.1. The summed E-state index contributed by atoms with van der Waals surface area (Å²) >= 11 is 0. The predicted molar refractivity (Wildman–Crippen MR) is 84.4 cm³/mol. The summed E-state index contributed by atoms with van der Waals surface area (Å²) in [6.07, 6.45) is 1.94. The van der Waals surface area contributed by atoms with Crippen molar-refractivity contribution in [2.45, 2.75) is 58.5 Å². The fourth-order valence-electron chi connectivity index (χ4n) is 2.38. The van der Waals surface area contributed by atoms with Gasteiger partial charge in [0.15, 0.2) is 0 Å². The fourth-order valence-corrected chi connectivity index (χ4v) is 2.38. The van der Waals surface area contributed by atoms with E-state index in [1.807, 2.05) is 25.9 Å². The Morgan fingerprint density at radius 2 is 1.86 bits per heavy atom. The van der Waals surface area contributed by atoms with E-state index in [-0.39, 0.29) is 6.04 Å². The molecule has 0 heterocycles. The first-order valence-electron chi connectivity index (χ1n) is 7.57. The van der Waals surface area contributed by atoms with Crippen LogP contribution in [0.4, 0.5) is 4.79 Å². The number of amides is 2. The number of carbonyl (C=O) groups excluding carboxylic acids is 1. The summed E-state index contributed by atoms with van der Waals surface area (Å²) in [7, 11) is 3.90. The van der Waals surface area contributed by atoms with Gasteiger partial charge in [0.05, 0.1) is 0 Å². The molecule has 2 atom stereocenters. The summed E-state index contributed by atoms with van der Waals surface area (Å²) in [5.41, 5.74) is -1.22. The van der Waals surface area contributed by atoms with Gasteiger partial charge in [-0.1, -0.05) is 27.2 Å². The average molecular weight is 301 g/mol. The molecule has 0 aliphatic rings. The van der Waals surface area contributed by atoms with Gasteiger partial charge in [0, 0.05) is 12.6 Å². The lowest BCUT2D eigenvalue weighted by Gasteiger charge is -2.29. The van der Waals surface area contributed by atoms with E-state index in [4.69, 9.17) is 0 Å². The SMILES string of the molecule is CCCC(C)(NC(=O)NC(CC(C)C)CN(C)C)C(=O)O. The number of rotatable bonds is 9. The first-order chi connectivity index (χ1) is 9.60. The van der Waals surface area contributed by atoms with Crippen LogP contribution >= 0.6 is 0 Å². The van der Waals surface area contributed by atoms with E-state index in [0.717, 1.165) is 13.0 Å². The standard InChI is InChI=1S/C15H31N3O3/c1-7-8-15(4,13(19)20)17-14(21)16-12(9-11(2)3)10-18(5)6/h11-12H,7-10H2,1-6H3,(H,19,20)(H2,16,17,21). The van der Waals surface area contributed by atoms with Crippen molar-refractivity contribution >= 4 is 12.0 Å². The van der Waals surface area contributed by atoms with Crippen molar-refractivity contribution in [3.05, 3.63) is 0 Å². The van der Waals surface area contributed by atoms with E-state index < -0.39 is 17.5 Å². The second-order valence-electron chi connectivity index (χ2n) is 6.57. The van der Waals surface area contributed by atoms with Gasteiger partial charge < -0.3 is 20.6 Å². The molecule has 21 heavy (non-hydrogen) atoms. The van der Waals surface area contributed by atoms with E-state index in [0.29, 0.717) is 18.8 Å². The van der Waals surface area contributed by atoms with Gasteiger partial charge in [0.2, 0.25) is 0 Å². The van der Waals surface area contributed by atoms with Crippen LogP contribution < -0.4 is 10.6 Å². The highest BCUT2D eigenvalue weighted by molar-refractivity contribution is 5.85. The minimum atomic E-state index is -1.22. The second-order valence-corrected chi connectivity index (χ2v) is 6.57. The molecule has 0 bridgehead atoms. The Morgan fingerprint density at radius 3 is 2.24 bits per heavy atom. The number of nitrogens with zero attached hydrogens (tertiary/aromatic N) is 1. The monoisotopic (exact) mass is 301 g/mol. The summed E-state index contributed by atoms with van der Waals surface area (Å²) in [6.45, 7) is 8.36. The van der Waals surface area contributed by atoms with Gasteiger partial charge in [-0.2, -0.15) is 0 Å². The van der Waals surface area contributed by atoms with Gasteiger partial charge in [-0.3, -0.25) is 0 Å². The van der Waals surface area contributed by atoms with Crippen molar-refractivity contribution in [1.29, 1.82) is 0 Å². The molecule has 2 amide bonds. The van der Waals surface area contributed by atoms with Crippen LogP contribution in [-0.2, 0) is 4.79 Å². The van der Waals surface area contributed by atoms with E-state index >= 15 is 0 Å². The molecular weight excluding hydrogens is 270 g/mol. The zero-order valence-electron chi connectivity index (χ0n) is 14.2. The van der Waals surface area contributed by atoms with Gasteiger partial charge in [0.1, 0.15) is 5.54 Å². The third kappa shape index (κ3) is 7.90. The smallest absolute Gasteiger partial charge is 0.329 e. The van der Waals surface area contributed by atoms with E-state index in [1.165, 1.54) is 0 Å². The first-order valence-corrected chi connectivity index (χ1v) is 7.57. The maximum absolute atomic E-state index is 12.1. The highest BCUT2D eigenvalue weighted by Crippen LogP contribution is 2.13. The van der Waals surface area contributed by atoms with Crippen molar-refractivity contribution in [3.8, 4) is 0 Å². The molecule has 6 nitrogen and oxygen atoms in total. The van der Waals surface area contributed by atoms with Crippen LogP contribution in [0.1, 0.15) is 47.0 Å². The van der Waals surface area contributed by atoms with E-state index in [2.05, 4.69) is 24.5 Å². The largest absolute Gasteiger partial charge is 0.480 e. The van der Waals surface area contributed by atoms with Crippen LogP contribution in [0.15, 0.2) is 0 Å². The fraction of sp³-hybridized carbons (Fsp3) is 0.867. The predicted octanol–water partition coefficient (Wildman–Crippen LogP) is 1.91. The van der Waals surface area contributed by atoms with Gasteiger partial charge >= 0.3 is 12.0 Å². The lowest BCUT2D eigenvalue weighted by Crippen LogP contribution is -2.57. The number of aliphatic carboxylic acids is 1. The van der Waals surface area contributed by atoms with E-state index in [1.54, 1.807) is 6.92 Å². The Morgan fingerprint density at radius 1 is 1.29 bits per heavy atom. The number of likely N-dealkylation sites (N-methyl/N-ethyl adjacent to an activating group) is 1. The average Bonchev–Trinajstić information content (AvgIpc) is 2.26. The van der Waals surface area contributed by atoms with Crippen LogP contribution in [0.5, 0.6) is 0 Å². The molecule has 6 heteroatoms. The van der Waals surface area contributed by atoms with Crippen molar-refractivity contribution in [3.63, 3.8) is 0 Å². The summed E-state index contributed by atoms with van der Waals surface area (Å²) in [4.78, 5) is 25.5. The summed E-state index contributed by atoms with van der Waals surface area (Å²) in [6, 6.07) is -0.416. The Hall–Kier alpha value is -1.30. The molecule has 0 radical (unpaired) electrons. The molecule has 3 N–H and O–H groups in total. The Balaban J connectivity index is 4.70. The van der Waals surface area contributed by atoms with Gasteiger partial charge in [-0.05, 0) is 39.8 Å². The Bertz CT molecular complexity index is 335. The van der Waals surface area contributed by atoms with Crippen molar-refractivity contribution in [1.82, 2.24) is 15.5 Å². The molecule has 0 saturated heterocycles. The third-order valence-corrected chi connectivity index (χ3v) is 3.29. The van der Waals surface area contributed by atoms with Crippen molar-refractivity contribution < 1.29 is 14.7 Å². The number of carboxylic acids is 1. The summed E-state index contributed by atoms with van der Waals surface area (Å²) in [5.74, 6) is -0.552. The minimum absolute atomic E-state index is 0.000304. The first kappa shape index (κ1) is 19.7. The van der Waals surface area contributed by atoms with Crippen molar-refractivity contribution in [2.75, 3.05) is 20.6 Å². The normalized spacial score (nSPS) is 15.6. The van der Waals surface area contributed by atoms with Crippen LogP contribution in [0.25, 0.3) is 0 Å². The highest BCUT2D eigenvalue weighted by Gasteiger charge is 2.34. The topological polar surface area (TPSA) is 81.7 Å². The molecule has 0 spiro atoms. The quantitative estimate of drug-likeness (QED) is 0.607. The molecule has 0 aromatic rings. The third-order valence-electron chi connectivity index (χ3n) is 3.29. The number of urea groups is 1. The van der Waals surface area contributed by atoms with Gasteiger partial charge in [-0.15, -0.1) is 0 Å². The lowest BCUT2D eigenvalue weighted by atomic mass is 9.96. The molecule has 0 aromatic heterocycles. The zero-order chi connectivity index (χ0) is 16.6. The second kappa shape index (κ2) is 8.87. The molecule has 0 aliphatic carbocycles. The summed E-state index contributed by atoms with van der Waals surface area (Å²) < 4.78 is 0. The van der Waals surface area contributed by atoms with Gasteiger partial charge in [0.25, 0.3) is 0 Å². The van der Waals surface area contributed by atoms with Crippen LogP contribution in [0.2, 0.25) is 0 Å². The maximum Gasteiger partial charge on any atom is 0.329 e. The van der Waals surface area contributed by atoms with Crippen molar-refractivity contribution in [2.24, 2.45) is 5.92 Å². The highest BCUT2D eigenvalue weighted by atomic mass is 16.4. The Kier molecular flexibility index (Phi) is 8.32. The molecule has 2 unspecified atom stereocenters. The molecule has 0 saturated carbocycles. The molecule has 0 aliphatic heterocycles. The van der Waals surface area contributed by atoms with Crippen LogP contribution in [-0.4, -0.2) is 54.2 Å². The number of hydrogen-bond acceptors (Lipinski definition) is 3. The number of nitrogens with one attached hydrogen (secondary N) is 2. The van der Waals surface area contributed by atoms with Crippen LogP contribution in [0, 0.1) is 5.92 Å². The zero-order valence-corrected chi connectivity index (χ0v) is 14.2. The number of hydrogen-bond donors (Lipinski definition) is 3. The summed E-state index contributed by atoms with van der Waals surface area (Å²) in [5, 5.41) is 14.8. The van der Waals surface area contributed by atoms with Crippen LogP contribution in [0.3, 0.4) is 0 Å². The Labute approximate surface area is 128 Å². The molecule has 0 aromatic carbocycles. The lowest BCUT2D eigenvalue weighted by molar-refractivity contribution is -0.144. The molecular formula is C15H31N3O3. The van der Waals surface area contributed by atoms with E-state index in [9.17, 15) is 14.7 Å². The molecule has 0 rings (SSSR count). The van der Waals surface area contributed by atoms with Gasteiger partial charge in [-0.25, -0.2) is 9.59 Å². The molecule has 124 valence electrons. The number of carboxylic acid groups (broad SMARTS) is 1.